The van der Waals surface area contributed by atoms with Crippen LogP contribution >= 0.6 is 0 Å². The lowest BCUT2D eigenvalue weighted by atomic mass is 9.98. The second-order valence-electron chi connectivity index (χ2n) is 5.45. The Morgan fingerprint density at radius 3 is 2.89 bits per heavy atom. The van der Waals surface area contributed by atoms with E-state index in [4.69, 9.17) is 0 Å². The number of amides is 1. The number of hydrogen-bond acceptors (Lipinski definition) is 2. The van der Waals surface area contributed by atoms with Crippen LogP contribution in [-0.4, -0.2) is 37.0 Å². The Morgan fingerprint density at radius 1 is 1.37 bits per heavy atom. The van der Waals surface area contributed by atoms with Gasteiger partial charge in [0, 0.05) is 24.7 Å². The van der Waals surface area contributed by atoms with E-state index in [1.807, 2.05) is 26.1 Å². The number of carbonyl (C=O) groups excluding carboxylic acids is 1. The van der Waals surface area contributed by atoms with Gasteiger partial charge in [0.15, 0.2) is 0 Å². The van der Waals surface area contributed by atoms with Gasteiger partial charge in [-0.05, 0) is 57.4 Å². The highest BCUT2D eigenvalue weighted by molar-refractivity contribution is 5.96. The van der Waals surface area contributed by atoms with Gasteiger partial charge in [-0.25, -0.2) is 0 Å². The summed E-state index contributed by atoms with van der Waals surface area (Å²) < 4.78 is 0. The molecule has 1 heterocycles. The minimum atomic E-state index is 0.196. The van der Waals surface area contributed by atoms with E-state index in [2.05, 4.69) is 23.2 Å². The van der Waals surface area contributed by atoms with Crippen molar-refractivity contribution in [3.63, 3.8) is 0 Å². The van der Waals surface area contributed by atoms with Gasteiger partial charge in [-0.15, -0.1) is 0 Å². The van der Waals surface area contributed by atoms with Crippen LogP contribution in [0.1, 0.15) is 40.7 Å². The number of carbonyl (C=O) groups is 1. The topological polar surface area (TPSA) is 32.3 Å². The number of hydrogen-bond donors (Lipinski definition) is 1. The number of nitrogens with one attached hydrogen (secondary N) is 1. The van der Waals surface area contributed by atoms with Crippen LogP contribution in [0.25, 0.3) is 0 Å². The highest BCUT2D eigenvalue weighted by atomic mass is 16.2. The lowest BCUT2D eigenvalue weighted by molar-refractivity contribution is 0.0614. The summed E-state index contributed by atoms with van der Waals surface area (Å²) in [5.41, 5.74) is 3.16. The van der Waals surface area contributed by atoms with E-state index in [-0.39, 0.29) is 5.91 Å². The molecule has 1 atom stereocenters. The normalized spacial score (nSPS) is 19.5. The molecule has 1 aromatic carbocycles. The molecule has 1 saturated heterocycles. The minimum Gasteiger partial charge on any atom is -0.334 e. The third-order valence-corrected chi connectivity index (χ3v) is 4.16. The Labute approximate surface area is 116 Å². The molecule has 2 rings (SSSR count). The molecular formula is C16H24N2O. The van der Waals surface area contributed by atoms with Crippen molar-refractivity contribution < 1.29 is 4.79 Å². The molecule has 0 radical (unpaired) electrons. The Balaban J connectivity index is 2.23. The molecule has 19 heavy (non-hydrogen) atoms. The fraction of sp³-hybridized carbons (Fsp3) is 0.562. The van der Waals surface area contributed by atoms with Crippen molar-refractivity contribution in [2.24, 2.45) is 0 Å². The first-order chi connectivity index (χ1) is 9.15. The van der Waals surface area contributed by atoms with E-state index in [1.165, 1.54) is 12.0 Å². The van der Waals surface area contributed by atoms with Gasteiger partial charge in [0.05, 0.1) is 0 Å². The van der Waals surface area contributed by atoms with E-state index in [1.54, 1.807) is 0 Å². The van der Waals surface area contributed by atoms with Crippen LogP contribution in [0.4, 0.5) is 0 Å². The molecule has 3 heteroatoms. The number of nitrogens with zero attached hydrogens (tertiary/aromatic N) is 1. The van der Waals surface area contributed by atoms with Crippen molar-refractivity contribution >= 4 is 5.91 Å². The van der Waals surface area contributed by atoms with Crippen molar-refractivity contribution in [3.8, 4) is 0 Å². The van der Waals surface area contributed by atoms with E-state index in [0.29, 0.717) is 6.04 Å². The first kappa shape index (κ1) is 14.1. The Hall–Kier alpha value is -1.35. The van der Waals surface area contributed by atoms with Crippen molar-refractivity contribution in [2.45, 2.75) is 39.2 Å². The molecule has 0 bridgehead atoms. The molecule has 1 aromatic rings. The second kappa shape index (κ2) is 6.20. The Morgan fingerprint density at radius 2 is 2.16 bits per heavy atom. The molecular weight excluding hydrogens is 236 g/mol. The zero-order valence-corrected chi connectivity index (χ0v) is 12.2. The summed E-state index contributed by atoms with van der Waals surface area (Å²) in [5.74, 6) is 0.196. The van der Waals surface area contributed by atoms with E-state index in [9.17, 15) is 4.79 Å². The quantitative estimate of drug-likeness (QED) is 0.905. The van der Waals surface area contributed by atoms with Gasteiger partial charge in [0.1, 0.15) is 0 Å². The van der Waals surface area contributed by atoms with Crippen LogP contribution < -0.4 is 5.32 Å². The smallest absolute Gasteiger partial charge is 0.254 e. The third-order valence-electron chi connectivity index (χ3n) is 4.16. The van der Waals surface area contributed by atoms with Crippen molar-refractivity contribution in [1.82, 2.24) is 10.2 Å². The van der Waals surface area contributed by atoms with Crippen LogP contribution in [0, 0.1) is 13.8 Å². The Kier molecular flexibility index (Phi) is 4.59. The maximum absolute atomic E-state index is 12.8. The van der Waals surface area contributed by atoms with Gasteiger partial charge in [0.2, 0.25) is 0 Å². The molecule has 1 aliphatic heterocycles. The van der Waals surface area contributed by atoms with Crippen LogP contribution in [0.3, 0.4) is 0 Å². The number of rotatable bonds is 3. The molecule has 0 saturated carbocycles. The van der Waals surface area contributed by atoms with Crippen LogP contribution in [0.5, 0.6) is 0 Å². The standard InChI is InChI=1S/C16H24N2O/c1-12-7-6-9-15(13(12)2)16(19)18-10-5-4-8-14(18)11-17-3/h6-7,9,14,17H,4-5,8,10-11H2,1-3H3. The SMILES string of the molecule is CNCC1CCCCN1C(=O)c1cccc(C)c1C. The van der Waals surface area contributed by atoms with Gasteiger partial charge in [-0.3, -0.25) is 4.79 Å². The maximum Gasteiger partial charge on any atom is 0.254 e. The maximum atomic E-state index is 12.8. The summed E-state index contributed by atoms with van der Waals surface area (Å²) in [6.45, 7) is 5.88. The average Bonchev–Trinajstić information content (AvgIpc) is 2.42. The number of aryl methyl sites for hydroxylation is 1. The monoisotopic (exact) mass is 260 g/mol. The first-order valence-electron chi connectivity index (χ1n) is 7.17. The molecule has 1 fully saturated rings. The zero-order valence-electron chi connectivity index (χ0n) is 12.2. The van der Waals surface area contributed by atoms with Gasteiger partial charge in [-0.1, -0.05) is 12.1 Å². The second-order valence-corrected chi connectivity index (χ2v) is 5.45. The minimum absolute atomic E-state index is 0.196. The number of benzene rings is 1. The molecule has 1 N–H and O–H groups in total. The predicted molar refractivity (Wildman–Crippen MR) is 78.5 cm³/mol. The first-order valence-corrected chi connectivity index (χ1v) is 7.17. The summed E-state index contributed by atoms with van der Waals surface area (Å²) in [6.07, 6.45) is 3.46. The van der Waals surface area contributed by atoms with Crippen molar-refractivity contribution in [3.05, 3.63) is 34.9 Å². The summed E-state index contributed by atoms with van der Waals surface area (Å²) in [4.78, 5) is 14.8. The lowest BCUT2D eigenvalue weighted by Gasteiger charge is -2.36. The van der Waals surface area contributed by atoms with Crippen molar-refractivity contribution in [1.29, 1.82) is 0 Å². The third kappa shape index (κ3) is 2.98. The number of likely N-dealkylation sites (N-methyl/N-ethyl adjacent to an activating group) is 1. The van der Waals surface area contributed by atoms with Gasteiger partial charge in [-0.2, -0.15) is 0 Å². The van der Waals surface area contributed by atoms with Crippen LogP contribution in [-0.2, 0) is 0 Å². The molecule has 0 aromatic heterocycles. The average molecular weight is 260 g/mol. The summed E-state index contributed by atoms with van der Waals surface area (Å²) in [5, 5.41) is 3.21. The summed E-state index contributed by atoms with van der Waals surface area (Å²) in [7, 11) is 1.95. The fourth-order valence-corrected chi connectivity index (χ4v) is 2.85. The molecule has 1 unspecified atom stereocenters. The van der Waals surface area contributed by atoms with E-state index >= 15 is 0 Å². The van der Waals surface area contributed by atoms with Crippen LogP contribution in [0.2, 0.25) is 0 Å². The molecule has 1 amide bonds. The summed E-state index contributed by atoms with van der Waals surface area (Å²) >= 11 is 0. The zero-order chi connectivity index (χ0) is 13.8. The summed E-state index contributed by atoms with van der Waals surface area (Å²) in [6, 6.07) is 6.33. The van der Waals surface area contributed by atoms with Crippen molar-refractivity contribution in [2.75, 3.05) is 20.1 Å². The van der Waals surface area contributed by atoms with E-state index in [0.717, 1.165) is 37.1 Å². The Bertz CT molecular complexity index is 454. The number of piperidine rings is 1. The molecule has 104 valence electrons. The van der Waals surface area contributed by atoms with E-state index < -0.39 is 0 Å². The molecule has 0 spiro atoms. The predicted octanol–water partition coefficient (Wildman–Crippen LogP) is 2.52. The van der Waals surface area contributed by atoms with Crippen LogP contribution in [0.15, 0.2) is 18.2 Å². The molecule has 0 aliphatic carbocycles. The fourth-order valence-electron chi connectivity index (χ4n) is 2.85. The highest BCUT2D eigenvalue weighted by Gasteiger charge is 2.27. The molecule has 1 aliphatic rings. The highest BCUT2D eigenvalue weighted by Crippen LogP contribution is 2.22. The largest absolute Gasteiger partial charge is 0.334 e. The molecule has 3 nitrogen and oxygen atoms in total. The van der Waals surface area contributed by atoms with Gasteiger partial charge < -0.3 is 10.2 Å². The lowest BCUT2D eigenvalue weighted by Crippen LogP contribution is -2.48. The number of likely N-dealkylation sites (tertiary alicyclic amines) is 1. The van der Waals surface area contributed by atoms with Gasteiger partial charge in [0.25, 0.3) is 5.91 Å². The van der Waals surface area contributed by atoms with Gasteiger partial charge >= 0.3 is 0 Å².